The van der Waals surface area contributed by atoms with Crippen LogP contribution in [0.15, 0.2) is 67.2 Å². The summed E-state index contributed by atoms with van der Waals surface area (Å²) in [6.45, 7) is 16.0. The molecule has 0 saturated carbocycles. The Hall–Kier alpha value is -3.20. The molecular weight excluding hydrogens is 421 g/mol. The molecule has 0 heterocycles. The summed E-state index contributed by atoms with van der Waals surface area (Å²) in [5, 5.41) is 2.80. The maximum absolute atomic E-state index is 13.1. The van der Waals surface area contributed by atoms with Crippen molar-refractivity contribution < 1.29 is 9.18 Å². The SMILES string of the molecule is C=C(c1ccc(C(=O)Nc2ccc(F)cc2)cc1)c1cc2c(cc1C)C(C)(C)CCC(C)C2C. The monoisotopic (exact) mass is 455 g/mol. The van der Waals surface area contributed by atoms with Crippen LogP contribution in [0.1, 0.15) is 84.6 Å². The molecule has 1 aliphatic carbocycles. The maximum Gasteiger partial charge on any atom is 0.255 e. The summed E-state index contributed by atoms with van der Waals surface area (Å²) in [5.74, 6) is 0.584. The van der Waals surface area contributed by atoms with Gasteiger partial charge in [-0.1, -0.05) is 58.5 Å². The van der Waals surface area contributed by atoms with E-state index in [-0.39, 0.29) is 17.1 Å². The number of hydrogen-bond acceptors (Lipinski definition) is 1. The first kappa shape index (κ1) is 23.9. The van der Waals surface area contributed by atoms with Crippen LogP contribution >= 0.6 is 0 Å². The number of carbonyl (C=O) groups excluding carboxylic acids is 1. The van der Waals surface area contributed by atoms with E-state index in [1.165, 1.54) is 47.2 Å². The van der Waals surface area contributed by atoms with E-state index >= 15 is 0 Å². The van der Waals surface area contributed by atoms with Crippen molar-refractivity contribution in [1.82, 2.24) is 0 Å². The summed E-state index contributed by atoms with van der Waals surface area (Å²) in [4.78, 5) is 12.6. The number of hydrogen-bond donors (Lipinski definition) is 1. The quantitative estimate of drug-likeness (QED) is 0.394. The highest BCUT2D eigenvalue weighted by molar-refractivity contribution is 6.04. The maximum atomic E-state index is 13.1. The predicted octanol–water partition coefficient (Wildman–Crippen LogP) is 8.26. The molecule has 0 saturated heterocycles. The molecule has 3 aromatic rings. The van der Waals surface area contributed by atoms with Crippen molar-refractivity contribution in [3.63, 3.8) is 0 Å². The first-order valence-corrected chi connectivity index (χ1v) is 12.1. The van der Waals surface area contributed by atoms with Crippen LogP contribution in [0.25, 0.3) is 5.57 Å². The number of fused-ring (bicyclic) bond motifs is 1. The second kappa shape index (κ2) is 9.21. The predicted molar refractivity (Wildman–Crippen MR) is 140 cm³/mol. The average Bonchev–Trinajstić information content (AvgIpc) is 2.90. The van der Waals surface area contributed by atoms with Crippen molar-refractivity contribution in [3.05, 3.63) is 106 Å². The zero-order valence-electron chi connectivity index (χ0n) is 20.8. The zero-order valence-corrected chi connectivity index (χ0v) is 20.8. The van der Waals surface area contributed by atoms with Gasteiger partial charge in [0.15, 0.2) is 0 Å². The van der Waals surface area contributed by atoms with Gasteiger partial charge in [0, 0.05) is 11.3 Å². The molecule has 1 N–H and O–H groups in total. The van der Waals surface area contributed by atoms with E-state index in [0.29, 0.717) is 23.1 Å². The topological polar surface area (TPSA) is 29.1 Å². The van der Waals surface area contributed by atoms with Gasteiger partial charge >= 0.3 is 0 Å². The molecule has 2 nitrogen and oxygen atoms in total. The Morgan fingerprint density at radius 1 is 1.00 bits per heavy atom. The van der Waals surface area contributed by atoms with Crippen LogP contribution in [-0.2, 0) is 5.41 Å². The molecule has 176 valence electrons. The minimum atomic E-state index is -0.332. The molecule has 0 spiro atoms. The third-order valence-electron chi connectivity index (χ3n) is 7.62. The van der Waals surface area contributed by atoms with E-state index in [1.807, 2.05) is 24.3 Å². The highest BCUT2D eigenvalue weighted by Crippen LogP contribution is 2.45. The Balaban J connectivity index is 1.60. The summed E-state index contributed by atoms with van der Waals surface area (Å²) in [7, 11) is 0. The number of nitrogens with one attached hydrogen (secondary N) is 1. The number of aryl methyl sites for hydroxylation is 1. The molecule has 3 aromatic carbocycles. The Kier molecular flexibility index (Phi) is 6.49. The number of amides is 1. The molecule has 0 radical (unpaired) electrons. The van der Waals surface area contributed by atoms with Gasteiger partial charge in [-0.05, 0) is 107 Å². The van der Waals surface area contributed by atoms with E-state index in [2.05, 4.69) is 58.6 Å². The summed E-state index contributed by atoms with van der Waals surface area (Å²) >= 11 is 0. The van der Waals surface area contributed by atoms with Crippen LogP contribution in [0.2, 0.25) is 0 Å². The fourth-order valence-corrected chi connectivity index (χ4v) is 5.01. The average molecular weight is 456 g/mol. The highest BCUT2D eigenvalue weighted by atomic mass is 19.1. The van der Waals surface area contributed by atoms with Crippen molar-refractivity contribution in [1.29, 1.82) is 0 Å². The molecule has 4 rings (SSSR count). The number of anilines is 1. The Bertz CT molecular complexity index is 1220. The van der Waals surface area contributed by atoms with Gasteiger partial charge in [0.2, 0.25) is 0 Å². The Morgan fingerprint density at radius 3 is 2.26 bits per heavy atom. The lowest BCUT2D eigenvalue weighted by molar-refractivity contribution is 0.102. The Labute approximate surface area is 202 Å². The summed E-state index contributed by atoms with van der Waals surface area (Å²) in [6.07, 6.45) is 2.44. The molecule has 0 fully saturated rings. The lowest BCUT2D eigenvalue weighted by Crippen LogP contribution is -2.18. The fourth-order valence-electron chi connectivity index (χ4n) is 5.01. The van der Waals surface area contributed by atoms with Crippen molar-refractivity contribution in [3.8, 4) is 0 Å². The van der Waals surface area contributed by atoms with E-state index in [1.54, 1.807) is 12.1 Å². The normalized spacial score (nSPS) is 19.1. The van der Waals surface area contributed by atoms with Gasteiger partial charge in [0.25, 0.3) is 5.91 Å². The molecule has 3 heteroatoms. The van der Waals surface area contributed by atoms with Crippen molar-refractivity contribution in [2.45, 2.75) is 58.8 Å². The Morgan fingerprint density at radius 2 is 1.62 bits per heavy atom. The molecule has 1 amide bonds. The van der Waals surface area contributed by atoms with Crippen molar-refractivity contribution in [2.75, 3.05) is 5.32 Å². The van der Waals surface area contributed by atoms with Gasteiger partial charge in [-0.25, -0.2) is 4.39 Å². The second-order valence-corrected chi connectivity index (χ2v) is 10.5. The van der Waals surface area contributed by atoms with E-state index in [4.69, 9.17) is 0 Å². The van der Waals surface area contributed by atoms with Crippen LogP contribution in [0, 0.1) is 18.7 Å². The molecule has 0 aromatic heterocycles. The first-order valence-electron chi connectivity index (χ1n) is 12.1. The van der Waals surface area contributed by atoms with Crippen LogP contribution in [0.3, 0.4) is 0 Å². The number of halogens is 1. The van der Waals surface area contributed by atoms with Crippen LogP contribution in [0.5, 0.6) is 0 Å². The van der Waals surface area contributed by atoms with Crippen LogP contribution < -0.4 is 5.32 Å². The van der Waals surface area contributed by atoms with Crippen LogP contribution in [0.4, 0.5) is 10.1 Å². The number of rotatable bonds is 4. The first-order chi connectivity index (χ1) is 16.1. The molecule has 1 aliphatic rings. The summed E-state index contributed by atoms with van der Waals surface area (Å²) in [6, 6.07) is 18.0. The number of benzene rings is 3. The third-order valence-corrected chi connectivity index (χ3v) is 7.62. The van der Waals surface area contributed by atoms with E-state index in [9.17, 15) is 9.18 Å². The van der Waals surface area contributed by atoms with Crippen molar-refractivity contribution >= 4 is 17.2 Å². The highest BCUT2D eigenvalue weighted by Gasteiger charge is 2.32. The van der Waals surface area contributed by atoms with E-state index in [0.717, 1.165) is 11.1 Å². The fraction of sp³-hybridized carbons (Fsp3) is 0.323. The van der Waals surface area contributed by atoms with Gasteiger partial charge in [0.1, 0.15) is 5.82 Å². The van der Waals surface area contributed by atoms with Gasteiger partial charge in [-0.2, -0.15) is 0 Å². The summed E-state index contributed by atoms with van der Waals surface area (Å²) < 4.78 is 13.1. The molecule has 0 bridgehead atoms. The number of carbonyl (C=O) groups is 1. The van der Waals surface area contributed by atoms with E-state index < -0.39 is 0 Å². The molecule has 34 heavy (non-hydrogen) atoms. The minimum Gasteiger partial charge on any atom is -0.322 e. The molecule has 2 unspecified atom stereocenters. The largest absolute Gasteiger partial charge is 0.322 e. The van der Waals surface area contributed by atoms with Gasteiger partial charge < -0.3 is 5.32 Å². The molecular formula is C31H34FNO. The van der Waals surface area contributed by atoms with Crippen molar-refractivity contribution in [2.24, 2.45) is 5.92 Å². The lowest BCUT2D eigenvalue weighted by atomic mass is 9.76. The minimum absolute atomic E-state index is 0.165. The molecule has 0 aliphatic heterocycles. The van der Waals surface area contributed by atoms with Gasteiger partial charge in [-0.15, -0.1) is 0 Å². The zero-order chi connectivity index (χ0) is 24.6. The molecule has 2 atom stereocenters. The third kappa shape index (κ3) is 4.70. The standard InChI is InChI=1S/C31H34FNO/c1-19-15-16-31(5,6)29-17-20(2)27(18-28(29)21(19)3)22(4)23-7-9-24(10-8-23)30(34)33-26-13-11-25(32)12-14-26/h7-14,17-19,21H,4,15-16H2,1-3,5-6H3,(H,33,34). The summed E-state index contributed by atoms with van der Waals surface area (Å²) in [5.41, 5.74) is 8.53. The van der Waals surface area contributed by atoms with Gasteiger partial charge in [0.05, 0.1) is 0 Å². The van der Waals surface area contributed by atoms with Gasteiger partial charge in [-0.3, -0.25) is 4.79 Å². The second-order valence-electron chi connectivity index (χ2n) is 10.5. The lowest BCUT2D eigenvalue weighted by Gasteiger charge is -2.28. The van der Waals surface area contributed by atoms with Crippen LogP contribution in [-0.4, -0.2) is 5.91 Å². The smallest absolute Gasteiger partial charge is 0.255 e.